The summed E-state index contributed by atoms with van der Waals surface area (Å²) in [7, 11) is 0. The molecule has 2 aromatic heterocycles. The van der Waals surface area contributed by atoms with Crippen LogP contribution in [0.1, 0.15) is 35.7 Å². The number of carbonyl (C=O) groups excluding carboxylic acids is 2. The second-order valence-corrected chi connectivity index (χ2v) is 8.47. The molecule has 7 nitrogen and oxygen atoms in total. The fraction of sp³-hybridized carbons (Fsp3) is 0.222. The quantitative estimate of drug-likeness (QED) is 0.447. The first-order valence-electron chi connectivity index (χ1n) is 11.5. The summed E-state index contributed by atoms with van der Waals surface area (Å²) in [5.74, 6) is -0.0575. The van der Waals surface area contributed by atoms with Gasteiger partial charge >= 0.3 is 0 Å². The first-order chi connectivity index (χ1) is 16.9. The Kier molecular flexibility index (Phi) is 7.40. The summed E-state index contributed by atoms with van der Waals surface area (Å²) in [6, 6.07) is 9.40. The lowest BCUT2D eigenvalue weighted by molar-refractivity contribution is -0.119. The van der Waals surface area contributed by atoms with Crippen molar-refractivity contribution in [3.63, 3.8) is 0 Å². The Bertz CT molecular complexity index is 1280. The summed E-state index contributed by atoms with van der Waals surface area (Å²) in [4.78, 5) is 28.9. The standard InChI is InChI=1S/C27H28FN5O2/c1-18-15-30-26(31-23-10-8-22(28)9-11-23)14-25(18)33-13-12-21(17-33)27(35)32-24(16-29-19(2)34)20-6-4-3-5-7-20/h3-4,6,8-15,17,24H,5,7,16H2,1-2H3,(H,29,34)(H,30,31)(H,32,35). The molecule has 0 spiro atoms. The molecule has 1 unspecified atom stereocenters. The van der Waals surface area contributed by atoms with Crippen LogP contribution in [0.4, 0.5) is 15.9 Å². The highest BCUT2D eigenvalue weighted by atomic mass is 19.1. The zero-order valence-electron chi connectivity index (χ0n) is 19.7. The average Bonchev–Trinajstić information content (AvgIpc) is 3.35. The molecule has 0 radical (unpaired) electrons. The van der Waals surface area contributed by atoms with Gasteiger partial charge in [0, 0.05) is 43.8 Å². The molecule has 1 aromatic carbocycles. The van der Waals surface area contributed by atoms with Crippen LogP contribution in [0.5, 0.6) is 0 Å². The molecule has 3 aromatic rings. The summed E-state index contributed by atoms with van der Waals surface area (Å²) in [6.07, 6.45) is 13.1. The van der Waals surface area contributed by atoms with Gasteiger partial charge in [0.15, 0.2) is 0 Å². The van der Waals surface area contributed by atoms with Gasteiger partial charge < -0.3 is 20.5 Å². The minimum atomic E-state index is -0.304. The third-order valence-corrected chi connectivity index (χ3v) is 5.78. The van der Waals surface area contributed by atoms with Gasteiger partial charge in [-0.1, -0.05) is 18.2 Å². The van der Waals surface area contributed by atoms with Crippen LogP contribution in [0.15, 0.2) is 78.8 Å². The molecule has 0 bridgehead atoms. The molecule has 1 aliphatic carbocycles. The number of hydrogen-bond donors (Lipinski definition) is 3. The van der Waals surface area contributed by atoms with E-state index in [4.69, 9.17) is 0 Å². The summed E-state index contributed by atoms with van der Waals surface area (Å²) in [5, 5.41) is 9.04. The van der Waals surface area contributed by atoms with E-state index in [2.05, 4.69) is 27.0 Å². The SMILES string of the molecule is CC(=O)NCC(NC(=O)c1ccn(-c2cc(Nc3ccc(F)cc3)ncc2C)c1)C1=CC=CCC1. The van der Waals surface area contributed by atoms with Crippen LogP contribution >= 0.6 is 0 Å². The van der Waals surface area contributed by atoms with Crippen LogP contribution in [-0.4, -0.2) is 34.0 Å². The van der Waals surface area contributed by atoms with Crippen molar-refractivity contribution >= 4 is 23.3 Å². The predicted molar refractivity (Wildman–Crippen MR) is 134 cm³/mol. The van der Waals surface area contributed by atoms with E-state index < -0.39 is 0 Å². The molecule has 4 rings (SSSR count). The van der Waals surface area contributed by atoms with Gasteiger partial charge in [-0.15, -0.1) is 0 Å². The molecule has 0 saturated carbocycles. The number of aromatic nitrogens is 2. The van der Waals surface area contributed by atoms with Gasteiger partial charge in [0.2, 0.25) is 5.91 Å². The molecule has 180 valence electrons. The van der Waals surface area contributed by atoms with Gasteiger partial charge in [-0.25, -0.2) is 9.37 Å². The van der Waals surface area contributed by atoms with Gasteiger partial charge in [0.25, 0.3) is 5.91 Å². The van der Waals surface area contributed by atoms with Gasteiger partial charge in [0.1, 0.15) is 11.6 Å². The number of halogens is 1. The number of allylic oxidation sites excluding steroid dienone is 3. The highest BCUT2D eigenvalue weighted by molar-refractivity contribution is 5.94. The molecule has 2 amide bonds. The van der Waals surface area contributed by atoms with Crippen molar-refractivity contribution in [1.82, 2.24) is 20.2 Å². The largest absolute Gasteiger partial charge is 0.354 e. The molecular formula is C27H28FN5O2. The lowest BCUT2D eigenvalue weighted by Gasteiger charge is -2.23. The number of aryl methyl sites for hydroxylation is 1. The minimum Gasteiger partial charge on any atom is -0.354 e. The fourth-order valence-electron chi connectivity index (χ4n) is 3.90. The molecule has 8 heteroatoms. The number of nitrogens with zero attached hydrogens (tertiary/aromatic N) is 2. The molecule has 2 heterocycles. The Hall–Kier alpha value is -4.20. The molecule has 3 N–H and O–H groups in total. The third-order valence-electron chi connectivity index (χ3n) is 5.78. The Morgan fingerprint density at radius 2 is 2.00 bits per heavy atom. The number of amides is 2. The number of nitrogens with one attached hydrogen (secondary N) is 3. The lowest BCUT2D eigenvalue weighted by Crippen LogP contribution is -2.44. The summed E-state index contributed by atoms with van der Waals surface area (Å²) < 4.78 is 15.1. The van der Waals surface area contributed by atoms with Crippen LogP contribution < -0.4 is 16.0 Å². The van der Waals surface area contributed by atoms with Crippen molar-refractivity contribution in [2.45, 2.75) is 32.7 Å². The van der Waals surface area contributed by atoms with Gasteiger partial charge in [-0.2, -0.15) is 0 Å². The summed E-state index contributed by atoms with van der Waals surface area (Å²) in [6.45, 7) is 3.74. The molecule has 1 atom stereocenters. The monoisotopic (exact) mass is 473 g/mol. The molecule has 35 heavy (non-hydrogen) atoms. The van der Waals surface area contributed by atoms with Crippen molar-refractivity contribution in [3.8, 4) is 5.69 Å². The van der Waals surface area contributed by atoms with E-state index >= 15 is 0 Å². The first kappa shape index (κ1) is 23.9. The smallest absolute Gasteiger partial charge is 0.253 e. The maximum atomic E-state index is 13.2. The topological polar surface area (TPSA) is 88.0 Å². The Labute approximate surface area is 203 Å². The number of hydrogen-bond acceptors (Lipinski definition) is 4. The lowest BCUT2D eigenvalue weighted by atomic mass is 9.97. The number of pyridine rings is 1. The summed E-state index contributed by atoms with van der Waals surface area (Å²) >= 11 is 0. The number of rotatable bonds is 8. The Balaban J connectivity index is 1.51. The number of benzene rings is 1. The van der Waals surface area contributed by atoms with Crippen LogP contribution in [0.25, 0.3) is 5.69 Å². The molecule has 0 saturated heterocycles. The van der Waals surface area contributed by atoms with Crippen LogP contribution in [0, 0.1) is 12.7 Å². The normalized spacial score (nSPS) is 13.6. The van der Waals surface area contributed by atoms with E-state index in [1.54, 1.807) is 30.6 Å². The second kappa shape index (κ2) is 10.8. The van der Waals surface area contributed by atoms with E-state index in [0.717, 1.165) is 35.4 Å². The van der Waals surface area contributed by atoms with Crippen molar-refractivity contribution in [2.75, 3.05) is 11.9 Å². The summed E-state index contributed by atoms with van der Waals surface area (Å²) in [5.41, 5.74) is 4.10. The maximum Gasteiger partial charge on any atom is 0.253 e. The van der Waals surface area contributed by atoms with E-state index in [9.17, 15) is 14.0 Å². The number of carbonyl (C=O) groups is 2. The van der Waals surface area contributed by atoms with E-state index in [1.807, 2.05) is 35.9 Å². The third kappa shape index (κ3) is 6.23. The highest BCUT2D eigenvalue weighted by Gasteiger charge is 2.20. The zero-order valence-corrected chi connectivity index (χ0v) is 19.7. The minimum absolute atomic E-state index is 0.138. The van der Waals surface area contributed by atoms with Gasteiger partial charge in [-0.3, -0.25) is 9.59 Å². The fourth-order valence-corrected chi connectivity index (χ4v) is 3.90. The van der Waals surface area contributed by atoms with Crippen molar-refractivity contribution < 1.29 is 14.0 Å². The zero-order chi connectivity index (χ0) is 24.8. The first-order valence-corrected chi connectivity index (χ1v) is 11.5. The Morgan fingerprint density at radius 3 is 2.71 bits per heavy atom. The van der Waals surface area contributed by atoms with Crippen molar-refractivity contribution in [2.24, 2.45) is 0 Å². The van der Waals surface area contributed by atoms with Crippen molar-refractivity contribution in [3.05, 3.63) is 95.7 Å². The Morgan fingerprint density at radius 1 is 1.20 bits per heavy atom. The van der Waals surface area contributed by atoms with Gasteiger partial charge in [-0.05, 0) is 61.2 Å². The maximum absolute atomic E-state index is 13.2. The van der Waals surface area contributed by atoms with E-state index in [-0.39, 0.29) is 23.7 Å². The molecule has 0 fully saturated rings. The van der Waals surface area contributed by atoms with E-state index in [0.29, 0.717) is 17.9 Å². The van der Waals surface area contributed by atoms with Crippen LogP contribution in [0.3, 0.4) is 0 Å². The second-order valence-electron chi connectivity index (χ2n) is 8.47. The highest BCUT2D eigenvalue weighted by Crippen LogP contribution is 2.22. The predicted octanol–water partition coefficient (Wildman–Crippen LogP) is 4.57. The van der Waals surface area contributed by atoms with E-state index in [1.165, 1.54) is 19.1 Å². The number of anilines is 2. The van der Waals surface area contributed by atoms with Crippen LogP contribution in [0.2, 0.25) is 0 Å². The molecular weight excluding hydrogens is 445 g/mol. The molecule has 0 aliphatic heterocycles. The van der Waals surface area contributed by atoms with Gasteiger partial charge in [0.05, 0.1) is 17.3 Å². The van der Waals surface area contributed by atoms with Crippen LogP contribution in [-0.2, 0) is 4.79 Å². The molecule has 1 aliphatic rings. The average molecular weight is 474 g/mol. The van der Waals surface area contributed by atoms with Crippen molar-refractivity contribution in [1.29, 1.82) is 0 Å².